The number of fused-ring (bicyclic) bond motifs is 1. The summed E-state index contributed by atoms with van der Waals surface area (Å²) in [5, 5.41) is 12.8. The van der Waals surface area contributed by atoms with Crippen LogP contribution in [0.3, 0.4) is 0 Å². The molecule has 2 fully saturated rings. The molecule has 3 atom stereocenters. The van der Waals surface area contributed by atoms with Crippen molar-refractivity contribution in [3.05, 3.63) is 52.7 Å². The second-order valence-corrected chi connectivity index (χ2v) is 11.4. The maximum atomic E-state index is 13.0. The van der Waals surface area contributed by atoms with Crippen molar-refractivity contribution >= 4 is 34.2 Å². The van der Waals surface area contributed by atoms with E-state index in [-0.39, 0.29) is 30.8 Å². The number of furan rings is 1. The minimum Gasteiger partial charge on any atom is -0.481 e. The molecule has 0 aliphatic heterocycles. The van der Waals surface area contributed by atoms with Crippen LogP contribution in [0.5, 0.6) is 0 Å². The van der Waals surface area contributed by atoms with E-state index in [4.69, 9.17) is 9.40 Å². The third-order valence-corrected chi connectivity index (χ3v) is 8.61. The molecule has 0 bridgehead atoms. The van der Waals surface area contributed by atoms with E-state index < -0.39 is 23.2 Å². The molecule has 5 rings (SSSR count). The van der Waals surface area contributed by atoms with Gasteiger partial charge in [-0.1, -0.05) is 36.2 Å². The van der Waals surface area contributed by atoms with Crippen LogP contribution in [-0.2, 0) is 22.6 Å². The monoisotopic (exact) mass is 539 g/mol. The molecule has 10 heteroatoms. The summed E-state index contributed by atoms with van der Waals surface area (Å²) in [6.07, 6.45) is 4.84. The highest BCUT2D eigenvalue weighted by Crippen LogP contribution is 2.44. The highest BCUT2D eigenvalue weighted by Gasteiger charge is 2.34. The number of rotatable bonds is 10. The zero-order chi connectivity index (χ0) is 27.0. The maximum absolute atomic E-state index is 13.0. The predicted molar refractivity (Wildman–Crippen MR) is 144 cm³/mol. The molecule has 202 valence electrons. The van der Waals surface area contributed by atoms with Crippen LogP contribution in [0.25, 0.3) is 22.4 Å². The first-order chi connectivity index (χ1) is 18.3. The van der Waals surface area contributed by atoms with Crippen LogP contribution < -0.4 is 5.32 Å². The molecule has 1 aromatic carbocycles. The summed E-state index contributed by atoms with van der Waals surface area (Å²) in [6, 6.07) is 9.69. The summed E-state index contributed by atoms with van der Waals surface area (Å²) in [5.74, 6) is -0.743. The van der Waals surface area contributed by atoms with Gasteiger partial charge in [0.2, 0.25) is 17.0 Å². The molecule has 2 saturated carbocycles. The normalized spacial score (nSPS) is 20.2. The van der Waals surface area contributed by atoms with Gasteiger partial charge in [0.15, 0.2) is 0 Å². The van der Waals surface area contributed by atoms with E-state index >= 15 is 0 Å². The summed E-state index contributed by atoms with van der Waals surface area (Å²) < 4.78 is 30.0. The van der Waals surface area contributed by atoms with Crippen molar-refractivity contribution in [1.29, 1.82) is 0 Å². The zero-order valence-corrected chi connectivity index (χ0v) is 22.4. The van der Waals surface area contributed by atoms with Gasteiger partial charge in [0, 0.05) is 19.2 Å². The molecule has 38 heavy (non-hydrogen) atoms. The van der Waals surface area contributed by atoms with E-state index in [2.05, 4.69) is 5.32 Å². The molecule has 3 N–H and O–H groups in total. The fourth-order valence-corrected chi connectivity index (χ4v) is 6.10. The second-order valence-electron chi connectivity index (χ2n) is 10.4. The van der Waals surface area contributed by atoms with Crippen LogP contribution in [0.4, 0.5) is 0 Å². The Morgan fingerprint density at radius 1 is 1.18 bits per heavy atom. The van der Waals surface area contributed by atoms with E-state index in [1.54, 1.807) is 7.05 Å². The van der Waals surface area contributed by atoms with Crippen molar-refractivity contribution in [2.24, 2.45) is 11.8 Å². The minimum atomic E-state index is -2.25. The maximum Gasteiger partial charge on any atom is 0.306 e. The highest BCUT2D eigenvalue weighted by atomic mass is 32.2. The molecule has 2 heterocycles. The molecule has 0 saturated heterocycles. The highest BCUT2D eigenvalue weighted by molar-refractivity contribution is 7.76. The zero-order valence-electron chi connectivity index (χ0n) is 21.6. The van der Waals surface area contributed by atoms with Crippen molar-refractivity contribution in [2.45, 2.75) is 57.9 Å². The molecule has 0 spiro atoms. The molecule has 0 radical (unpaired) electrons. The van der Waals surface area contributed by atoms with Gasteiger partial charge in [-0.2, -0.15) is 4.31 Å². The average Bonchev–Trinajstić information content (AvgIpc) is 3.51. The van der Waals surface area contributed by atoms with Gasteiger partial charge < -0.3 is 14.8 Å². The number of carbonyl (C=O) groups excluding carboxylic acids is 1. The van der Waals surface area contributed by atoms with E-state index in [0.717, 1.165) is 42.4 Å². The molecule has 2 aliphatic rings. The van der Waals surface area contributed by atoms with Gasteiger partial charge in [-0.15, -0.1) is 0 Å². The Morgan fingerprint density at radius 3 is 2.55 bits per heavy atom. The largest absolute Gasteiger partial charge is 0.481 e. The van der Waals surface area contributed by atoms with Gasteiger partial charge in [0.1, 0.15) is 5.76 Å². The van der Waals surface area contributed by atoms with Crippen LogP contribution in [0.15, 0.2) is 34.7 Å². The summed E-state index contributed by atoms with van der Waals surface area (Å²) in [5.41, 5.74) is 4.20. The first-order valence-corrected chi connectivity index (χ1v) is 14.2. The number of aryl methyl sites for hydroxylation is 1. The minimum absolute atomic E-state index is 0.00542. The summed E-state index contributed by atoms with van der Waals surface area (Å²) >= 11 is -2.25. The van der Waals surface area contributed by atoms with Gasteiger partial charge in [-0.05, 0) is 62.5 Å². The topological polar surface area (TPSA) is 133 Å². The number of aliphatic carboxylic acids is 1. The Kier molecular flexibility index (Phi) is 7.65. The molecule has 3 unspecified atom stereocenters. The Labute approximate surface area is 224 Å². The summed E-state index contributed by atoms with van der Waals surface area (Å²) in [4.78, 5) is 29.3. The van der Waals surface area contributed by atoms with E-state index in [1.165, 1.54) is 4.31 Å². The molecule has 2 aromatic heterocycles. The van der Waals surface area contributed by atoms with Gasteiger partial charge in [0.25, 0.3) is 5.91 Å². The first kappa shape index (κ1) is 26.5. The molecule has 9 nitrogen and oxygen atoms in total. The molecule has 1 amide bonds. The van der Waals surface area contributed by atoms with Gasteiger partial charge in [-0.3, -0.25) is 14.1 Å². The Morgan fingerprint density at radius 2 is 1.92 bits per heavy atom. The van der Waals surface area contributed by atoms with Crippen LogP contribution in [0.1, 0.15) is 71.6 Å². The SMILES string of the molecule is CNC(=O)c1c(-c2ccc(C)cc2)oc2nc(CN(CCC3CCCC3C(=O)O)S(=O)O)c(C3CC3)cc12. The standard InChI is InChI=1S/C28H33N3O6S/c1-16-6-8-19(9-7-16)25-24(26(32)29-2)22-14-21(18-10-11-18)23(30-27(22)37-25)15-31(38(35)36)13-12-17-4-3-5-20(17)28(33)34/h6-9,14,17-18,20H,3-5,10-13,15H2,1-2H3,(H,29,32)(H,33,34)(H,35,36). The van der Waals surface area contributed by atoms with Crippen molar-refractivity contribution in [3.8, 4) is 11.3 Å². The predicted octanol–water partition coefficient (Wildman–Crippen LogP) is 4.87. The fraction of sp³-hybridized carbons (Fsp3) is 0.464. The number of carbonyl (C=O) groups is 2. The quantitative estimate of drug-likeness (QED) is 0.313. The fourth-order valence-electron chi connectivity index (χ4n) is 5.60. The van der Waals surface area contributed by atoms with Crippen LogP contribution in [-0.4, -0.2) is 48.6 Å². The van der Waals surface area contributed by atoms with E-state index in [0.29, 0.717) is 41.0 Å². The van der Waals surface area contributed by atoms with Crippen molar-refractivity contribution in [2.75, 3.05) is 13.6 Å². The molecule has 3 aromatic rings. The van der Waals surface area contributed by atoms with Crippen molar-refractivity contribution in [3.63, 3.8) is 0 Å². The smallest absolute Gasteiger partial charge is 0.306 e. The van der Waals surface area contributed by atoms with Gasteiger partial charge >= 0.3 is 5.97 Å². The lowest BCUT2D eigenvalue weighted by molar-refractivity contribution is -0.143. The van der Waals surface area contributed by atoms with Crippen LogP contribution in [0, 0.1) is 18.8 Å². The summed E-state index contributed by atoms with van der Waals surface area (Å²) in [6.45, 7) is 2.41. The lowest BCUT2D eigenvalue weighted by Crippen LogP contribution is -2.30. The number of hydrogen-bond acceptors (Lipinski definition) is 5. The number of nitrogens with zero attached hydrogens (tertiary/aromatic N) is 2. The number of pyridine rings is 1. The third kappa shape index (κ3) is 5.39. The Balaban J connectivity index is 1.50. The number of benzene rings is 1. The number of aromatic nitrogens is 1. The van der Waals surface area contributed by atoms with Crippen LogP contribution in [0.2, 0.25) is 0 Å². The molecular formula is C28H33N3O6S. The lowest BCUT2D eigenvalue weighted by atomic mass is 9.93. The third-order valence-electron chi connectivity index (χ3n) is 7.85. The summed E-state index contributed by atoms with van der Waals surface area (Å²) in [7, 11) is 1.58. The van der Waals surface area contributed by atoms with Crippen LogP contribution >= 0.6 is 0 Å². The average molecular weight is 540 g/mol. The Hall–Kier alpha value is -3.08. The van der Waals surface area contributed by atoms with E-state index in [1.807, 2.05) is 37.3 Å². The molecule has 2 aliphatic carbocycles. The first-order valence-electron chi connectivity index (χ1n) is 13.1. The Bertz CT molecular complexity index is 1380. The second kappa shape index (κ2) is 11.0. The number of carboxylic acid groups (broad SMARTS) is 1. The number of amides is 1. The molecular weight excluding hydrogens is 506 g/mol. The van der Waals surface area contributed by atoms with E-state index in [9.17, 15) is 23.5 Å². The lowest BCUT2D eigenvalue weighted by Gasteiger charge is -2.22. The van der Waals surface area contributed by atoms with Crippen molar-refractivity contribution < 1.29 is 27.9 Å². The van der Waals surface area contributed by atoms with Gasteiger partial charge in [-0.25, -0.2) is 9.19 Å². The number of hydrogen-bond donors (Lipinski definition) is 3. The number of nitrogens with one attached hydrogen (secondary N) is 1. The number of carboxylic acids is 1. The van der Waals surface area contributed by atoms with Gasteiger partial charge in [0.05, 0.1) is 29.1 Å². The van der Waals surface area contributed by atoms with Crippen molar-refractivity contribution in [1.82, 2.24) is 14.6 Å².